The van der Waals surface area contributed by atoms with Gasteiger partial charge in [0.25, 0.3) is 0 Å². The number of carbonyl (C=O) groups excluding carboxylic acids is 1. The fraction of sp³-hybridized carbons (Fsp3) is 0.400. The summed E-state index contributed by atoms with van der Waals surface area (Å²) in [5.41, 5.74) is 2.76. The van der Waals surface area contributed by atoms with Crippen LogP contribution in [0, 0.1) is 0 Å². The smallest absolute Gasteiger partial charge is 0.241 e. The highest BCUT2D eigenvalue weighted by Gasteiger charge is 2.23. The van der Waals surface area contributed by atoms with Crippen LogP contribution in [-0.2, 0) is 24.3 Å². The Morgan fingerprint density at radius 1 is 1.38 bits per heavy atom. The number of nitrogens with one attached hydrogen (secondary N) is 1. The van der Waals surface area contributed by atoms with Crippen molar-refractivity contribution in [1.29, 1.82) is 0 Å². The van der Waals surface area contributed by atoms with Gasteiger partial charge in [-0.3, -0.25) is 9.69 Å². The van der Waals surface area contributed by atoms with Crippen molar-refractivity contribution in [3.8, 4) is 0 Å². The van der Waals surface area contributed by atoms with E-state index in [2.05, 4.69) is 51.8 Å². The molecular formula is C15H19N5O. The second kappa shape index (κ2) is 6.05. The molecule has 2 aromatic rings. The summed E-state index contributed by atoms with van der Waals surface area (Å²) in [5.74, 6) is -0.0345. The van der Waals surface area contributed by atoms with Gasteiger partial charge in [0.05, 0.1) is 6.20 Å². The van der Waals surface area contributed by atoms with Gasteiger partial charge in [-0.05, 0) is 24.6 Å². The molecule has 0 spiro atoms. The van der Waals surface area contributed by atoms with Gasteiger partial charge in [-0.2, -0.15) is 0 Å². The fourth-order valence-electron chi connectivity index (χ4n) is 2.70. The number of amides is 1. The van der Waals surface area contributed by atoms with Crippen LogP contribution in [0.3, 0.4) is 0 Å². The first kappa shape index (κ1) is 13.8. The Balaban J connectivity index is 1.55. The molecule has 0 saturated carbocycles. The van der Waals surface area contributed by atoms with Crippen molar-refractivity contribution in [2.24, 2.45) is 0 Å². The van der Waals surface area contributed by atoms with Gasteiger partial charge in [0.1, 0.15) is 6.54 Å². The number of hydrogen-bond donors (Lipinski definition) is 1. The third-order valence-electron chi connectivity index (χ3n) is 3.93. The van der Waals surface area contributed by atoms with E-state index in [9.17, 15) is 4.79 Å². The zero-order valence-corrected chi connectivity index (χ0v) is 12.1. The Morgan fingerprint density at radius 3 is 2.95 bits per heavy atom. The predicted octanol–water partition coefficient (Wildman–Crippen LogP) is 0.451. The molecule has 3 rings (SSSR count). The second-order valence-electron chi connectivity index (χ2n) is 5.45. The van der Waals surface area contributed by atoms with E-state index in [1.807, 2.05) is 0 Å². The van der Waals surface area contributed by atoms with Gasteiger partial charge >= 0.3 is 0 Å². The summed E-state index contributed by atoms with van der Waals surface area (Å²) in [5, 5.41) is 10.5. The Hall–Kier alpha value is -2.21. The molecule has 0 saturated heterocycles. The maximum atomic E-state index is 11.9. The molecular weight excluding hydrogens is 266 g/mol. The molecule has 1 N–H and O–H groups in total. The molecule has 0 bridgehead atoms. The highest BCUT2D eigenvalue weighted by Crippen LogP contribution is 2.21. The van der Waals surface area contributed by atoms with Gasteiger partial charge in [-0.15, -0.1) is 5.10 Å². The Morgan fingerprint density at radius 2 is 2.19 bits per heavy atom. The van der Waals surface area contributed by atoms with E-state index in [-0.39, 0.29) is 12.5 Å². The number of likely N-dealkylation sites (N-methyl/N-ethyl adjacent to an activating group) is 1. The highest BCUT2D eigenvalue weighted by molar-refractivity contribution is 5.75. The van der Waals surface area contributed by atoms with Crippen molar-refractivity contribution in [3.05, 3.63) is 47.8 Å². The summed E-state index contributed by atoms with van der Waals surface area (Å²) in [6.45, 7) is 1.80. The summed E-state index contributed by atoms with van der Waals surface area (Å²) in [6, 6.07) is 8.83. The molecule has 0 fully saturated rings. The lowest BCUT2D eigenvalue weighted by Crippen LogP contribution is -2.46. The Kier molecular flexibility index (Phi) is 3.96. The minimum atomic E-state index is -0.0345. The van der Waals surface area contributed by atoms with E-state index in [4.69, 9.17) is 0 Å². The van der Waals surface area contributed by atoms with Gasteiger partial charge in [-0.1, -0.05) is 29.5 Å². The third-order valence-corrected chi connectivity index (χ3v) is 3.93. The quantitative estimate of drug-likeness (QED) is 0.886. The first-order valence-electron chi connectivity index (χ1n) is 7.10. The summed E-state index contributed by atoms with van der Waals surface area (Å²) in [4.78, 5) is 14.2. The third kappa shape index (κ3) is 3.28. The lowest BCUT2D eigenvalue weighted by atomic mass is 9.94. The molecule has 0 radical (unpaired) electrons. The predicted molar refractivity (Wildman–Crippen MR) is 78.4 cm³/mol. The van der Waals surface area contributed by atoms with Gasteiger partial charge in [0.15, 0.2) is 0 Å². The van der Waals surface area contributed by atoms with E-state index in [1.165, 1.54) is 15.8 Å². The number of hydrogen-bond acceptors (Lipinski definition) is 4. The maximum Gasteiger partial charge on any atom is 0.241 e. The number of carbonyl (C=O) groups is 1. The molecule has 1 aromatic carbocycles. The molecule has 1 aliphatic rings. The highest BCUT2D eigenvalue weighted by atomic mass is 16.2. The zero-order valence-electron chi connectivity index (χ0n) is 12.1. The standard InChI is InChI=1S/C15H19N5O/c1-19-10-13-5-3-2-4-12(13)8-14(19)9-16-15(21)11-20-7-6-17-18-20/h2-7,14H,8-11H2,1H3,(H,16,21). The van der Waals surface area contributed by atoms with Crippen molar-refractivity contribution in [1.82, 2.24) is 25.2 Å². The second-order valence-corrected chi connectivity index (χ2v) is 5.45. The number of rotatable bonds is 4. The lowest BCUT2D eigenvalue weighted by Gasteiger charge is -2.34. The van der Waals surface area contributed by atoms with E-state index < -0.39 is 0 Å². The van der Waals surface area contributed by atoms with Gasteiger partial charge in [-0.25, -0.2) is 4.68 Å². The van der Waals surface area contributed by atoms with Crippen LogP contribution in [0.15, 0.2) is 36.7 Å². The molecule has 1 amide bonds. The van der Waals surface area contributed by atoms with Crippen LogP contribution in [0.4, 0.5) is 0 Å². The van der Waals surface area contributed by atoms with E-state index in [1.54, 1.807) is 12.4 Å². The minimum absolute atomic E-state index is 0.0345. The monoisotopic (exact) mass is 285 g/mol. The number of benzene rings is 1. The number of aromatic nitrogens is 3. The van der Waals surface area contributed by atoms with Crippen LogP contribution in [0.2, 0.25) is 0 Å². The SMILES string of the molecule is CN1Cc2ccccc2CC1CNC(=O)Cn1ccnn1. The average molecular weight is 285 g/mol. The van der Waals surface area contributed by atoms with Crippen molar-refractivity contribution in [3.63, 3.8) is 0 Å². The topological polar surface area (TPSA) is 63.1 Å². The molecule has 1 aliphatic heterocycles. The van der Waals surface area contributed by atoms with Crippen LogP contribution in [0.5, 0.6) is 0 Å². The maximum absolute atomic E-state index is 11.9. The molecule has 1 unspecified atom stereocenters. The normalized spacial score (nSPS) is 18.2. The first-order valence-corrected chi connectivity index (χ1v) is 7.10. The van der Waals surface area contributed by atoms with Crippen LogP contribution < -0.4 is 5.32 Å². The zero-order chi connectivity index (χ0) is 14.7. The Labute approximate surface area is 123 Å². The molecule has 1 aromatic heterocycles. The van der Waals surface area contributed by atoms with Gasteiger partial charge in [0.2, 0.25) is 5.91 Å². The van der Waals surface area contributed by atoms with Crippen molar-refractivity contribution in [2.75, 3.05) is 13.6 Å². The summed E-state index contributed by atoms with van der Waals surface area (Å²) in [6.07, 6.45) is 4.22. The molecule has 6 heteroatoms. The molecule has 0 aliphatic carbocycles. The summed E-state index contributed by atoms with van der Waals surface area (Å²) < 4.78 is 1.52. The fourth-order valence-corrected chi connectivity index (χ4v) is 2.70. The Bertz CT molecular complexity index is 610. The van der Waals surface area contributed by atoms with Crippen LogP contribution >= 0.6 is 0 Å². The van der Waals surface area contributed by atoms with Crippen LogP contribution in [0.25, 0.3) is 0 Å². The van der Waals surface area contributed by atoms with Crippen molar-refractivity contribution >= 4 is 5.91 Å². The van der Waals surface area contributed by atoms with E-state index in [0.717, 1.165) is 13.0 Å². The molecule has 2 heterocycles. The average Bonchev–Trinajstić information content (AvgIpc) is 2.98. The summed E-state index contributed by atoms with van der Waals surface area (Å²) >= 11 is 0. The van der Waals surface area contributed by atoms with Gasteiger partial charge < -0.3 is 5.32 Å². The van der Waals surface area contributed by atoms with E-state index in [0.29, 0.717) is 12.6 Å². The molecule has 1 atom stereocenters. The molecule has 6 nitrogen and oxygen atoms in total. The summed E-state index contributed by atoms with van der Waals surface area (Å²) in [7, 11) is 2.10. The minimum Gasteiger partial charge on any atom is -0.353 e. The molecule has 21 heavy (non-hydrogen) atoms. The molecule has 110 valence electrons. The van der Waals surface area contributed by atoms with Crippen molar-refractivity contribution in [2.45, 2.75) is 25.6 Å². The van der Waals surface area contributed by atoms with Gasteiger partial charge in [0, 0.05) is 25.3 Å². The van der Waals surface area contributed by atoms with Crippen LogP contribution in [0.1, 0.15) is 11.1 Å². The van der Waals surface area contributed by atoms with Crippen molar-refractivity contribution < 1.29 is 4.79 Å². The van der Waals surface area contributed by atoms with E-state index >= 15 is 0 Å². The lowest BCUT2D eigenvalue weighted by molar-refractivity contribution is -0.122. The number of fused-ring (bicyclic) bond motifs is 1. The number of nitrogens with zero attached hydrogens (tertiary/aromatic N) is 4. The largest absolute Gasteiger partial charge is 0.353 e. The van der Waals surface area contributed by atoms with Crippen LogP contribution in [-0.4, -0.2) is 45.4 Å². The first-order chi connectivity index (χ1) is 10.2.